The average molecular weight is 395 g/mol. The number of aryl methyl sites for hydroxylation is 1. The molecule has 1 aromatic heterocycles. The molecule has 1 N–H and O–H groups in total. The number of anilines is 1. The van der Waals surface area contributed by atoms with Crippen molar-refractivity contribution >= 4 is 29.3 Å². The van der Waals surface area contributed by atoms with E-state index in [0.29, 0.717) is 11.3 Å². The minimum atomic E-state index is -0.410. The van der Waals surface area contributed by atoms with E-state index in [4.69, 9.17) is 0 Å². The van der Waals surface area contributed by atoms with E-state index in [0.717, 1.165) is 10.8 Å². The number of esters is 1. The van der Waals surface area contributed by atoms with Gasteiger partial charge in [-0.3, -0.25) is 9.36 Å². The Morgan fingerprint density at radius 2 is 1.89 bits per heavy atom. The number of nitrogens with one attached hydrogen (secondary N) is 1. The molecule has 3 aromatic rings. The first-order valence-corrected chi connectivity index (χ1v) is 9.69. The molecular formula is C21H21N3O3S. The summed E-state index contributed by atoms with van der Waals surface area (Å²) in [7, 11) is 1.33. The molecule has 1 heterocycles. The number of imidazole rings is 1. The maximum absolute atomic E-state index is 12.3. The van der Waals surface area contributed by atoms with Gasteiger partial charge in [0, 0.05) is 18.1 Å². The molecule has 0 atom stereocenters. The van der Waals surface area contributed by atoms with E-state index in [2.05, 4.69) is 35.0 Å². The Morgan fingerprint density at radius 1 is 1.14 bits per heavy atom. The molecule has 0 spiro atoms. The molecule has 7 heteroatoms. The lowest BCUT2D eigenvalue weighted by atomic mass is 10.1. The molecular weight excluding hydrogens is 374 g/mol. The number of methoxy groups -OCH3 is 1. The van der Waals surface area contributed by atoms with Gasteiger partial charge in [-0.25, -0.2) is 9.78 Å². The highest BCUT2D eigenvalue weighted by molar-refractivity contribution is 7.99. The molecule has 0 unspecified atom stereocenters. The van der Waals surface area contributed by atoms with Gasteiger partial charge in [-0.1, -0.05) is 23.9 Å². The van der Waals surface area contributed by atoms with Crippen LogP contribution in [0.1, 0.15) is 21.5 Å². The zero-order valence-electron chi connectivity index (χ0n) is 15.9. The molecule has 0 saturated heterocycles. The Hall–Kier alpha value is -3.06. The molecule has 0 aliphatic rings. The summed E-state index contributed by atoms with van der Waals surface area (Å²) in [5, 5.41) is 3.57. The van der Waals surface area contributed by atoms with Crippen molar-refractivity contribution in [1.29, 1.82) is 0 Å². The van der Waals surface area contributed by atoms with Crippen molar-refractivity contribution < 1.29 is 14.3 Å². The number of hydrogen-bond donors (Lipinski definition) is 1. The molecule has 0 bridgehead atoms. The second kappa shape index (κ2) is 8.75. The first-order valence-electron chi connectivity index (χ1n) is 8.70. The van der Waals surface area contributed by atoms with Gasteiger partial charge in [0.15, 0.2) is 5.16 Å². The van der Waals surface area contributed by atoms with Crippen molar-refractivity contribution in [3.05, 3.63) is 71.5 Å². The Balaban J connectivity index is 1.64. The number of amides is 1. The second-order valence-corrected chi connectivity index (χ2v) is 7.15. The molecule has 0 saturated carbocycles. The average Bonchev–Trinajstić information content (AvgIpc) is 3.17. The third kappa shape index (κ3) is 4.43. The second-order valence-electron chi connectivity index (χ2n) is 6.20. The molecule has 0 aliphatic carbocycles. The topological polar surface area (TPSA) is 73.2 Å². The Morgan fingerprint density at radius 3 is 2.61 bits per heavy atom. The lowest BCUT2D eigenvalue weighted by Gasteiger charge is -2.12. The molecule has 0 radical (unpaired) electrons. The summed E-state index contributed by atoms with van der Waals surface area (Å²) in [6.07, 6.45) is 3.63. The van der Waals surface area contributed by atoms with Crippen molar-refractivity contribution in [2.24, 2.45) is 0 Å². The molecule has 6 nitrogen and oxygen atoms in total. The lowest BCUT2D eigenvalue weighted by molar-refractivity contribution is -0.113. The zero-order chi connectivity index (χ0) is 20.1. The predicted octanol–water partition coefficient (Wildman–Crippen LogP) is 4.01. The van der Waals surface area contributed by atoms with Gasteiger partial charge in [-0.05, 0) is 55.3 Å². The standard InChI is InChI=1S/C21H21N3O3S/c1-14-5-4-6-18(15(14)2)24-12-11-22-21(24)28-13-19(25)23-17-9-7-16(8-10-17)20(26)27-3/h4-12H,13H2,1-3H3,(H,23,25). The van der Waals surface area contributed by atoms with Crippen LogP contribution in [0.15, 0.2) is 60.0 Å². The monoisotopic (exact) mass is 395 g/mol. The summed E-state index contributed by atoms with van der Waals surface area (Å²) in [5.74, 6) is -0.335. The highest BCUT2D eigenvalue weighted by Gasteiger charge is 2.12. The van der Waals surface area contributed by atoms with E-state index in [-0.39, 0.29) is 11.7 Å². The van der Waals surface area contributed by atoms with Crippen LogP contribution in [0.25, 0.3) is 5.69 Å². The normalized spacial score (nSPS) is 10.5. The van der Waals surface area contributed by atoms with Gasteiger partial charge in [0.05, 0.1) is 24.1 Å². The van der Waals surface area contributed by atoms with Crippen molar-refractivity contribution in [2.75, 3.05) is 18.2 Å². The van der Waals surface area contributed by atoms with Crippen LogP contribution in [0.3, 0.4) is 0 Å². The van der Waals surface area contributed by atoms with Crippen LogP contribution in [0.4, 0.5) is 5.69 Å². The number of carbonyl (C=O) groups excluding carboxylic acids is 2. The van der Waals surface area contributed by atoms with E-state index in [1.54, 1.807) is 30.5 Å². The number of hydrogen-bond acceptors (Lipinski definition) is 5. The van der Waals surface area contributed by atoms with Gasteiger partial charge in [-0.15, -0.1) is 0 Å². The van der Waals surface area contributed by atoms with E-state index < -0.39 is 5.97 Å². The molecule has 0 aliphatic heterocycles. The predicted molar refractivity (Wildman–Crippen MR) is 110 cm³/mol. The fourth-order valence-corrected chi connectivity index (χ4v) is 3.48. The zero-order valence-corrected chi connectivity index (χ0v) is 16.7. The number of thioether (sulfide) groups is 1. The first-order chi connectivity index (χ1) is 13.5. The van der Waals surface area contributed by atoms with Gasteiger partial charge >= 0.3 is 5.97 Å². The first kappa shape index (κ1) is 19.7. The van der Waals surface area contributed by atoms with Crippen LogP contribution < -0.4 is 5.32 Å². The van der Waals surface area contributed by atoms with Crippen molar-refractivity contribution in [1.82, 2.24) is 9.55 Å². The summed E-state index contributed by atoms with van der Waals surface area (Å²) in [4.78, 5) is 28.1. The number of ether oxygens (including phenoxy) is 1. The van der Waals surface area contributed by atoms with Gasteiger partial charge < -0.3 is 10.1 Å². The van der Waals surface area contributed by atoms with Crippen LogP contribution in [0, 0.1) is 13.8 Å². The van der Waals surface area contributed by atoms with Crippen LogP contribution in [0.2, 0.25) is 0 Å². The maximum Gasteiger partial charge on any atom is 0.337 e. The maximum atomic E-state index is 12.3. The quantitative estimate of drug-likeness (QED) is 0.504. The summed E-state index contributed by atoms with van der Waals surface area (Å²) in [6, 6.07) is 12.7. The fourth-order valence-electron chi connectivity index (χ4n) is 2.71. The van der Waals surface area contributed by atoms with Crippen LogP contribution in [-0.2, 0) is 9.53 Å². The molecule has 0 fully saturated rings. The van der Waals surface area contributed by atoms with Gasteiger partial charge in [0.1, 0.15) is 0 Å². The molecule has 28 heavy (non-hydrogen) atoms. The van der Waals surface area contributed by atoms with E-state index >= 15 is 0 Å². The third-order valence-electron chi connectivity index (χ3n) is 4.36. The number of benzene rings is 2. The van der Waals surface area contributed by atoms with Crippen molar-refractivity contribution in [3.8, 4) is 5.69 Å². The van der Waals surface area contributed by atoms with Gasteiger partial charge in [0.25, 0.3) is 0 Å². The summed E-state index contributed by atoms with van der Waals surface area (Å²) < 4.78 is 6.65. The molecule has 1 amide bonds. The van der Waals surface area contributed by atoms with Gasteiger partial charge in [-0.2, -0.15) is 0 Å². The van der Waals surface area contributed by atoms with E-state index in [1.807, 2.05) is 22.9 Å². The van der Waals surface area contributed by atoms with Gasteiger partial charge in [0.2, 0.25) is 5.91 Å². The number of rotatable bonds is 6. The summed E-state index contributed by atoms with van der Waals surface area (Å²) in [6.45, 7) is 4.14. The SMILES string of the molecule is COC(=O)c1ccc(NC(=O)CSc2nccn2-c2cccc(C)c2C)cc1. The lowest BCUT2D eigenvalue weighted by Crippen LogP contribution is -2.14. The summed E-state index contributed by atoms with van der Waals surface area (Å²) in [5.41, 5.74) is 4.49. The van der Waals surface area contributed by atoms with Crippen LogP contribution in [-0.4, -0.2) is 34.3 Å². The molecule has 2 aromatic carbocycles. The number of nitrogens with zero attached hydrogens (tertiary/aromatic N) is 2. The minimum absolute atomic E-state index is 0.147. The molecule has 3 rings (SSSR count). The Kier molecular flexibility index (Phi) is 6.16. The smallest absolute Gasteiger partial charge is 0.337 e. The Labute approximate surface area is 167 Å². The minimum Gasteiger partial charge on any atom is -0.465 e. The molecule has 144 valence electrons. The largest absolute Gasteiger partial charge is 0.465 e. The van der Waals surface area contributed by atoms with Crippen LogP contribution >= 0.6 is 11.8 Å². The highest BCUT2D eigenvalue weighted by Crippen LogP contribution is 2.24. The van der Waals surface area contributed by atoms with Crippen LogP contribution in [0.5, 0.6) is 0 Å². The highest BCUT2D eigenvalue weighted by atomic mass is 32.2. The van der Waals surface area contributed by atoms with Crippen molar-refractivity contribution in [2.45, 2.75) is 19.0 Å². The summed E-state index contributed by atoms with van der Waals surface area (Å²) >= 11 is 1.37. The third-order valence-corrected chi connectivity index (χ3v) is 5.33. The number of aromatic nitrogens is 2. The van der Waals surface area contributed by atoms with Crippen molar-refractivity contribution in [3.63, 3.8) is 0 Å². The fraction of sp³-hybridized carbons (Fsp3) is 0.190. The van der Waals surface area contributed by atoms with E-state index in [9.17, 15) is 9.59 Å². The van der Waals surface area contributed by atoms with E-state index in [1.165, 1.54) is 30.0 Å². The Bertz CT molecular complexity index is 996. The number of carbonyl (C=O) groups is 2.